The molecule has 0 spiro atoms. The van der Waals surface area contributed by atoms with Gasteiger partial charge in [0.2, 0.25) is 0 Å². The van der Waals surface area contributed by atoms with E-state index in [-0.39, 0.29) is 4.47 Å². The lowest BCUT2D eigenvalue weighted by molar-refractivity contribution is 0.414. The van der Waals surface area contributed by atoms with Crippen LogP contribution >= 0.6 is 31.9 Å². The van der Waals surface area contributed by atoms with Gasteiger partial charge in [-0.1, -0.05) is 0 Å². The number of hydrogen-bond acceptors (Lipinski definition) is 2. The SMILES string of the molecule is Oc1c(Br)cc(Br)nc1F. The number of aromatic hydroxyl groups is 1. The van der Waals surface area contributed by atoms with E-state index < -0.39 is 11.7 Å². The molecule has 0 atom stereocenters. The van der Waals surface area contributed by atoms with Crippen LogP contribution in [-0.4, -0.2) is 10.1 Å². The Hall–Kier alpha value is -0.160. The normalized spacial score (nSPS) is 9.90. The second kappa shape index (κ2) is 2.84. The molecule has 0 aliphatic heterocycles. The molecule has 0 bridgehead atoms. The smallest absolute Gasteiger partial charge is 0.257 e. The van der Waals surface area contributed by atoms with Gasteiger partial charge in [0.05, 0.1) is 4.47 Å². The highest BCUT2D eigenvalue weighted by Crippen LogP contribution is 2.27. The summed E-state index contributed by atoms with van der Waals surface area (Å²) in [5, 5.41) is 8.83. The summed E-state index contributed by atoms with van der Waals surface area (Å²) < 4.78 is 13.0. The first-order valence-electron chi connectivity index (χ1n) is 2.32. The van der Waals surface area contributed by atoms with Crippen LogP contribution in [0, 0.1) is 5.95 Å². The van der Waals surface area contributed by atoms with Crippen LogP contribution in [0.15, 0.2) is 15.1 Å². The first-order valence-corrected chi connectivity index (χ1v) is 3.90. The lowest BCUT2D eigenvalue weighted by atomic mass is 10.5. The molecule has 54 valence electrons. The fourth-order valence-electron chi connectivity index (χ4n) is 0.450. The quantitative estimate of drug-likeness (QED) is 0.735. The topological polar surface area (TPSA) is 33.1 Å². The van der Waals surface area contributed by atoms with E-state index in [4.69, 9.17) is 5.11 Å². The maximum Gasteiger partial charge on any atom is 0.257 e. The van der Waals surface area contributed by atoms with Crippen molar-refractivity contribution in [1.82, 2.24) is 4.98 Å². The molecule has 10 heavy (non-hydrogen) atoms. The van der Waals surface area contributed by atoms with Crippen molar-refractivity contribution < 1.29 is 9.50 Å². The third-order valence-corrected chi connectivity index (χ3v) is 1.88. The second-order valence-electron chi connectivity index (χ2n) is 1.57. The molecule has 1 aromatic rings. The minimum atomic E-state index is -0.888. The molecule has 0 aliphatic carbocycles. The van der Waals surface area contributed by atoms with Crippen LogP contribution in [0.25, 0.3) is 0 Å². The molecular formula is C5H2Br2FNO. The first-order chi connectivity index (χ1) is 4.61. The summed E-state index contributed by atoms with van der Waals surface area (Å²) in [6.45, 7) is 0. The van der Waals surface area contributed by atoms with Crippen molar-refractivity contribution in [3.63, 3.8) is 0 Å². The van der Waals surface area contributed by atoms with Crippen LogP contribution < -0.4 is 0 Å². The third kappa shape index (κ3) is 1.46. The summed E-state index contributed by atoms with van der Waals surface area (Å²) in [4.78, 5) is 3.30. The Balaban J connectivity index is 3.31. The zero-order valence-corrected chi connectivity index (χ0v) is 7.78. The van der Waals surface area contributed by atoms with Gasteiger partial charge in [-0.15, -0.1) is 0 Å². The monoisotopic (exact) mass is 269 g/mol. The van der Waals surface area contributed by atoms with Crippen molar-refractivity contribution >= 4 is 31.9 Å². The Kier molecular flexibility index (Phi) is 2.25. The van der Waals surface area contributed by atoms with Crippen molar-refractivity contribution in [2.24, 2.45) is 0 Å². The van der Waals surface area contributed by atoms with Gasteiger partial charge in [-0.05, 0) is 37.9 Å². The van der Waals surface area contributed by atoms with Gasteiger partial charge in [0.15, 0.2) is 5.75 Å². The molecule has 1 N–H and O–H groups in total. The summed E-state index contributed by atoms with van der Waals surface area (Å²) in [5.74, 6) is -1.36. The van der Waals surface area contributed by atoms with Crippen LogP contribution in [0.1, 0.15) is 0 Å². The van der Waals surface area contributed by atoms with Gasteiger partial charge < -0.3 is 5.11 Å². The van der Waals surface area contributed by atoms with E-state index in [9.17, 15) is 4.39 Å². The van der Waals surface area contributed by atoms with Crippen molar-refractivity contribution in [2.75, 3.05) is 0 Å². The standard InChI is InChI=1S/C5H2Br2FNO/c6-2-1-3(7)9-5(8)4(2)10/h1,10H. The Morgan fingerprint density at radius 1 is 1.50 bits per heavy atom. The number of hydrogen-bond donors (Lipinski definition) is 1. The van der Waals surface area contributed by atoms with Gasteiger partial charge in [-0.2, -0.15) is 4.39 Å². The maximum absolute atomic E-state index is 12.4. The number of aromatic nitrogens is 1. The van der Waals surface area contributed by atoms with Crippen molar-refractivity contribution in [3.8, 4) is 5.75 Å². The van der Waals surface area contributed by atoms with Crippen molar-refractivity contribution in [1.29, 1.82) is 0 Å². The maximum atomic E-state index is 12.4. The highest BCUT2D eigenvalue weighted by atomic mass is 79.9. The lowest BCUT2D eigenvalue weighted by Gasteiger charge is -1.96. The highest BCUT2D eigenvalue weighted by molar-refractivity contribution is 9.11. The van der Waals surface area contributed by atoms with Crippen LogP contribution in [0.5, 0.6) is 5.75 Å². The van der Waals surface area contributed by atoms with E-state index in [1.54, 1.807) is 0 Å². The molecule has 0 radical (unpaired) electrons. The minimum absolute atomic E-state index is 0.284. The van der Waals surface area contributed by atoms with E-state index in [1.165, 1.54) is 6.07 Å². The number of rotatable bonds is 0. The Bertz CT molecular complexity index is 243. The molecular weight excluding hydrogens is 269 g/mol. The van der Waals surface area contributed by atoms with Gasteiger partial charge in [0.1, 0.15) is 4.60 Å². The molecule has 0 unspecified atom stereocenters. The molecule has 1 aromatic heterocycles. The molecule has 1 rings (SSSR count). The largest absolute Gasteiger partial charge is 0.503 e. The third-order valence-electron chi connectivity index (χ3n) is 0.872. The fraction of sp³-hybridized carbons (Fsp3) is 0. The van der Waals surface area contributed by atoms with Gasteiger partial charge >= 0.3 is 0 Å². The van der Waals surface area contributed by atoms with Crippen LogP contribution in [0.3, 0.4) is 0 Å². The van der Waals surface area contributed by atoms with E-state index >= 15 is 0 Å². The van der Waals surface area contributed by atoms with Crippen LogP contribution in [-0.2, 0) is 0 Å². The van der Waals surface area contributed by atoms with E-state index in [0.29, 0.717) is 4.60 Å². The molecule has 0 aliphatic rings. The number of nitrogens with zero attached hydrogens (tertiary/aromatic N) is 1. The van der Waals surface area contributed by atoms with E-state index in [1.807, 2.05) is 0 Å². The zero-order chi connectivity index (χ0) is 7.72. The summed E-state index contributed by atoms with van der Waals surface area (Å²) in [7, 11) is 0. The Morgan fingerprint density at radius 2 is 2.10 bits per heavy atom. The molecule has 0 amide bonds. The first kappa shape index (κ1) is 7.94. The average molecular weight is 271 g/mol. The lowest BCUT2D eigenvalue weighted by Crippen LogP contribution is -1.84. The van der Waals surface area contributed by atoms with E-state index in [0.717, 1.165) is 0 Å². The van der Waals surface area contributed by atoms with Crippen LogP contribution in [0.4, 0.5) is 4.39 Å². The number of halogens is 3. The van der Waals surface area contributed by atoms with Gasteiger partial charge in [-0.25, -0.2) is 4.98 Å². The fourth-order valence-corrected chi connectivity index (χ4v) is 1.52. The Morgan fingerprint density at radius 3 is 2.60 bits per heavy atom. The summed E-state index contributed by atoms with van der Waals surface area (Å²) >= 11 is 5.89. The zero-order valence-electron chi connectivity index (χ0n) is 4.61. The van der Waals surface area contributed by atoms with Gasteiger partial charge in [0, 0.05) is 0 Å². The molecule has 0 saturated carbocycles. The average Bonchev–Trinajstić information content (AvgIpc) is 1.82. The molecule has 0 fully saturated rings. The van der Waals surface area contributed by atoms with Crippen molar-refractivity contribution in [2.45, 2.75) is 0 Å². The highest BCUT2D eigenvalue weighted by Gasteiger charge is 2.06. The Labute approximate surface area is 73.3 Å². The summed E-state index contributed by atoms with van der Waals surface area (Å²) in [6.07, 6.45) is 0. The van der Waals surface area contributed by atoms with Gasteiger partial charge in [-0.3, -0.25) is 0 Å². The summed E-state index contributed by atoms with van der Waals surface area (Å²) in [5.41, 5.74) is 0. The molecule has 0 saturated heterocycles. The molecule has 1 heterocycles. The van der Waals surface area contributed by atoms with E-state index in [2.05, 4.69) is 36.8 Å². The second-order valence-corrected chi connectivity index (χ2v) is 3.23. The molecule has 2 nitrogen and oxygen atoms in total. The van der Waals surface area contributed by atoms with Gasteiger partial charge in [0.25, 0.3) is 5.95 Å². The summed E-state index contributed by atoms with van der Waals surface area (Å²) in [6, 6.07) is 1.46. The molecule has 5 heteroatoms. The van der Waals surface area contributed by atoms with Crippen molar-refractivity contribution in [3.05, 3.63) is 21.1 Å². The molecule has 0 aromatic carbocycles. The number of pyridine rings is 1. The van der Waals surface area contributed by atoms with Crippen LogP contribution in [0.2, 0.25) is 0 Å². The predicted molar refractivity (Wildman–Crippen MR) is 41.3 cm³/mol. The predicted octanol–water partition coefficient (Wildman–Crippen LogP) is 2.45. The minimum Gasteiger partial charge on any atom is -0.503 e.